The van der Waals surface area contributed by atoms with Crippen LogP contribution in [0.3, 0.4) is 0 Å². The van der Waals surface area contributed by atoms with Gasteiger partial charge in [-0.25, -0.2) is 0 Å². The summed E-state index contributed by atoms with van der Waals surface area (Å²) in [5.41, 5.74) is 0. The van der Waals surface area contributed by atoms with Crippen LogP contribution in [0.1, 0.15) is 12.8 Å². The van der Waals surface area contributed by atoms with Crippen LogP contribution in [0.2, 0.25) is 0 Å². The van der Waals surface area contributed by atoms with E-state index in [4.69, 9.17) is 4.74 Å². The molecule has 2 rings (SSSR count). The molecule has 0 aromatic heterocycles. The summed E-state index contributed by atoms with van der Waals surface area (Å²) < 4.78 is 5.23. The molecular weight excluding hydrogens is 118 g/mol. The van der Waals surface area contributed by atoms with E-state index in [1.54, 1.807) is 0 Å². The quantitative estimate of drug-likeness (QED) is 0.458. The lowest BCUT2D eigenvalue weighted by Gasteiger charge is -2.24. The minimum atomic E-state index is -0.270. The number of epoxide rings is 1. The van der Waals surface area contributed by atoms with Gasteiger partial charge in [-0.15, -0.1) is 0 Å². The summed E-state index contributed by atoms with van der Waals surface area (Å²) in [5.74, 6) is 0. The maximum absolute atomic E-state index is 9.22. The van der Waals surface area contributed by atoms with Gasteiger partial charge in [0.1, 0.15) is 12.5 Å². The van der Waals surface area contributed by atoms with Crippen molar-refractivity contribution in [1.82, 2.24) is 4.90 Å². The van der Waals surface area contributed by atoms with Crippen LogP contribution in [0.4, 0.5) is 0 Å². The fourth-order valence-corrected chi connectivity index (χ4v) is 1.39. The molecule has 0 spiro atoms. The number of rotatable bonds is 0. The number of nitrogens with zero attached hydrogens (tertiary/aromatic N) is 1. The number of ether oxygens (including phenoxy) is 1. The molecule has 0 aromatic carbocycles. The Hall–Kier alpha value is -0.120. The normalized spacial score (nSPS) is 50.7. The highest BCUT2D eigenvalue weighted by Gasteiger charge is 2.47. The molecular formula is C6H11NO2. The third kappa shape index (κ3) is 0.764. The van der Waals surface area contributed by atoms with Crippen molar-refractivity contribution >= 4 is 0 Å². The zero-order valence-corrected chi connectivity index (χ0v) is 5.45. The molecule has 0 saturated carbocycles. The van der Waals surface area contributed by atoms with Crippen molar-refractivity contribution in [2.45, 2.75) is 31.4 Å². The average Bonchev–Trinajstić information content (AvgIpc) is 2.58. The zero-order valence-electron chi connectivity index (χ0n) is 5.45. The average molecular weight is 129 g/mol. The molecule has 2 aliphatic rings. The molecule has 9 heavy (non-hydrogen) atoms. The van der Waals surface area contributed by atoms with Gasteiger partial charge >= 0.3 is 0 Å². The monoisotopic (exact) mass is 129 g/mol. The van der Waals surface area contributed by atoms with E-state index in [1.165, 1.54) is 0 Å². The number of likely N-dealkylation sites (N-methyl/N-ethyl adjacent to an activating group) is 1. The van der Waals surface area contributed by atoms with Crippen molar-refractivity contribution in [3.8, 4) is 0 Å². The second-order valence-electron chi connectivity index (χ2n) is 2.79. The zero-order chi connectivity index (χ0) is 6.43. The molecule has 0 amide bonds. The number of aliphatic hydroxyl groups is 1. The van der Waals surface area contributed by atoms with E-state index in [1.807, 2.05) is 11.9 Å². The largest absolute Gasteiger partial charge is 0.378 e. The van der Waals surface area contributed by atoms with E-state index in [9.17, 15) is 5.11 Å². The van der Waals surface area contributed by atoms with Gasteiger partial charge in [0.25, 0.3) is 0 Å². The van der Waals surface area contributed by atoms with E-state index >= 15 is 0 Å². The van der Waals surface area contributed by atoms with Gasteiger partial charge in [0, 0.05) is 0 Å². The maximum Gasteiger partial charge on any atom is 0.139 e. The summed E-state index contributed by atoms with van der Waals surface area (Å²) in [7, 11) is 1.90. The topological polar surface area (TPSA) is 36.0 Å². The van der Waals surface area contributed by atoms with Crippen molar-refractivity contribution < 1.29 is 9.84 Å². The molecule has 2 unspecified atom stereocenters. The Balaban J connectivity index is 2.02. The van der Waals surface area contributed by atoms with Gasteiger partial charge in [-0.3, -0.25) is 4.90 Å². The number of likely N-dealkylation sites (tertiary alicyclic amines) is 1. The summed E-state index contributed by atoms with van der Waals surface area (Å²) in [6.07, 6.45) is 2.27. The van der Waals surface area contributed by atoms with E-state index < -0.39 is 0 Å². The Morgan fingerprint density at radius 3 is 3.00 bits per heavy atom. The van der Waals surface area contributed by atoms with Gasteiger partial charge in [-0.1, -0.05) is 0 Å². The van der Waals surface area contributed by atoms with Gasteiger partial charge in [-0.2, -0.15) is 0 Å². The minimum absolute atomic E-state index is 0.230. The lowest BCUT2D eigenvalue weighted by Crippen LogP contribution is -2.38. The summed E-state index contributed by atoms with van der Waals surface area (Å²) in [4.78, 5) is 1.88. The Labute approximate surface area is 54.2 Å². The highest BCUT2D eigenvalue weighted by Crippen LogP contribution is 2.35. The van der Waals surface area contributed by atoms with Crippen LogP contribution in [0.15, 0.2) is 0 Å². The van der Waals surface area contributed by atoms with Crippen LogP contribution < -0.4 is 0 Å². The van der Waals surface area contributed by atoms with Crippen LogP contribution in [0, 0.1) is 0 Å². The third-order valence-electron chi connectivity index (χ3n) is 2.14. The highest BCUT2D eigenvalue weighted by molar-refractivity contribution is 4.89. The van der Waals surface area contributed by atoms with Crippen molar-refractivity contribution in [3.05, 3.63) is 0 Å². The molecule has 52 valence electrons. The molecule has 0 aromatic rings. The van der Waals surface area contributed by atoms with Crippen molar-refractivity contribution in [2.75, 3.05) is 7.05 Å². The van der Waals surface area contributed by atoms with Crippen LogP contribution in [0.25, 0.3) is 0 Å². The number of fused-ring (bicyclic) bond motifs is 1. The van der Waals surface area contributed by atoms with Gasteiger partial charge in [0.2, 0.25) is 0 Å². The number of hydrogen-bond donors (Lipinski definition) is 1. The highest BCUT2D eigenvalue weighted by atomic mass is 16.6. The van der Waals surface area contributed by atoms with E-state index in [0.29, 0.717) is 6.10 Å². The molecule has 2 fully saturated rings. The first-order valence-corrected chi connectivity index (χ1v) is 3.34. The van der Waals surface area contributed by atoms with E-state index in [0.717, 1.165) is 12.8 Å². The number of aliphatic hydroxyl groups excluding tert-OH is 1. The van der Waals surface area contributed by atoms with E-state index in [2.05, 4.69) is 0 Å². The van der Waals surface area contributed by atoms with Crippen molar-refractivity contribution in [1.29, 1.82) is 0 Å². The molecule has 0 radical (unpaired) electrons. The molecule has 2 heterocycles. The Bertz CT molecular complexity index is 126. The number of piperidine rings is 1. The van der Waals surface area contributed by atoms with Crippen LogP contribution >= 0.6 is 0 Å². The maximum atomic E-state index is 9.22. The summed E-state index contributed by atoms with van der Waals surface area (Å²) >= 11 is 0. The smallest absolute Gasteiger partial charge is 0.139 e. The summed E-state index contributed by atoms with van der Waals surface area (Å²) in [6.45, 7) is 0. The lowest BCUT2D eigenvalue weighted by molar-refractivity contribution is -0.0171. The SMILES string of the molecule is CN1C(O)CC[C@H]2OC21. The van der Waals surface area contributed by atoms with Gasteiger partial charge < -0.3 is 9.84 Å². The Morgan fingerprint density at radius 1 is 1.56 bits per heavy atom. The molecule has 0 aliphatic carbocycles. The van der Waals surface area contributed by atoms with Crippen molar-refractivity contribution in [2.24, 2.45) is 0 Å². The molecule has 3 heteroatoms. The fourth-order valence-electron chi connectivity index (χ4n) is 1.39. The van der Waals surface area contributed by atoms with Gasteiger partial charge in [-0.05, 0) is 19.9 Å². The van der Waals surface area contributed by atoms with Crippen molar-refractivity contribution in [3.63, 3.8) is 0 Å². The van der Waals surface area contributed by atoms with Crippen LogP contribution in [0.5, 0.6) is 0 Å². The number of hydrogen-bond acceptors (Lipinski definition) is 3. The molecule has 0 bridgehead atoms. The predicted octanol–water partition coefficient (Wildman–Crippen LogP) is -0.245. The summed E-state index contributed by atoms with van der Waals surface area (Å²) in [6, 6.07) is 0. The molecule has 1 N–H and O–H groups in total. The standard InChI is InChI=1S/C6H11NO2/c1-7-5(8)3-2-4-6(7)9-4/h4-6,8H,2-3H2,1H3/t4-,5?,6?/m1/s1. The lowest BCUT2D eigenvalue weighted by atomic mass is 10.1. The van der Waals surface area contributed by atoms with Gasteiger partial charge in [0.05, 0.1) is 6.10 Å². The molecule has 2 aliphatic heterocycles. The molecule has 3 nitrogen and oxygen atoms in total. The third-order valence-corrected chi connectivity index (χ3v) is 2.14. The second kappa shape index (κ2) is 1.68. The second-order valence-corrected chi connectivity index (χ2v) is 2.79. The van der Waals surface area contributed by atoms with Crippen LogP contribution in [-0.2, 0) is 4.74 Å². The minimum Gasteiger partial charge on any atom is -0.378 e. The summed E-state index contributed by atoms with van der Waals surface area (Å²) in [5, 5.41) is 9.22. The first kappa shape index (κ1) is 5.65. The Kier molecular flexibility index (Phi) is 1.06. The van der Waals surface area contributed by atoms with Crippen LogP contribution in [-0.4, -0.2) is 35.6 Å². The molecule has 2 saturated heterocycles. The first-order valence-electron chi connectivity index (χ1n) is 3.34. The van der Waals surface area contributed by atoms with E-state index in [-0.39, 0.29) is 12.5 Å². The Morgan fingerprint density at radius 2 is 2.33 bits per heavy atom. The first-order chi connectivity index (χ1) is 4.29. The fraction of sp³-hybridized carbons (Fsp3) is 1.00. The molecule has 3 atom stereocenters. The predicted molar refractivity (Wildman–Crippen MR) is 31.7 cm³/mol. The van der Waals surface area contributed by atoms with Gasteiger partial charge in [0.15, 0.2) is 0 Å².